The fraction of sp³-hybridized carbons (Fsp3) is 0.875. The molecule has 0 aromatic rings. The Kier molecular flexibility index (Phi) is 19.5. The second-order valence-corrected chi connectivity index (χ2v) is 2.29. The minimum Gasteiger partial charge on any atom is -0.550 e. The van der Waals surface area contributed by atoms with Crippen molar-refractivity contribution in [3.8, 4) is 0 Å². The van der Waals surface area contributed by atoms with Gasteiger partial charge in [0.15, 0.2) is 0 Å². The van der Waals surface area contributed by atoms with Crippen LogP contribution >= 0.6 is 0 Å². The third kappa shape index (κ3) is 88.4. The molecule has 0 heterocycles. The summed E-state index contributed by atoms with van der Waals surface area (Å²) in [6.07, 6.45) is -1.19. The molecule has 2 atom stereocenters. The van der Waals surface area contributed by atoms with E-state index in [4.69, 9.17) is 25.2 Å². The van der Waals surface area contributed by atoms with Gasteiger partial charge in [-0.05, 0) is 27.7 Å². The first-order valence-electron chi connectivity index (χ1n) is 3.94. The molecule has 0 rings (SSSR count). The minimum absolute atomic E-state index is 0.250. The summed E-state index contributed by atoms with van der Waals surface area (Å²) in [6, 6.07) is 0. The summed E-state index contributed by atoms with van der Waals surface area (Å²) < 4.78 is 0. The second-order valence-electron chi connectivity index (χ2n) is 2.29. The first-order valence-corrected chi connectivity index (χ1v) is 3.94. The number of aliphatic carboxylic acids is 1. The zero-order chi connectivity index (χ0) is 11.4. The molecule has 0 bridgehead atoms. The summed E-state index contributed by atoms with van der Waals surface area (Å²) in [5.41, 5.74) is 0. The molecule has 0 aliphatic rings. The molecule has 5 heteroatoms. The van der Waals surface area contributed by atoms with Crippen LogP contribution in [0.5, 0.6) is 0 Å². The normalized spacial score (nSPS) is 12.5. The van der Waals surface area contributed by atoms with Gasteiger partial charge < -0.3 is 25.2 Å². The summed E-state index contributed by atoms with van der Waals surface area (Å²) in [4.78, 5) is 8.89. The van der Waals surface area contributed by atoms with Gasteiger partial charge >= 0.3 is 0 Å². The third-order valence-corrected chi connectivity index (χ3v) is 0.698. The summed E-state index contributed by atoms with van der Waals surface area (Å²) >= 11 is 0. The van der Waals surface area contributed by atoms with Crippen molar-refractivity contribution >= 4 is 5.97 Å². The molecule has 3 N–H and O–H groups in total. The molecule has 0 spiro atoms. The van der Waals surface area contributed by atoms with Crippen LogP contribution in [0.4, 0.5) is 0 Å². The Morgan fingerprint density at radius 1 is 1.31 bits per heavy atom. The highest BCUT2D eigenvalue weighted by Crippen LogP contribution is 1.85. The van der Waals surface area contributed by atoms with Gasteiger partial charge in [0, 0.05) is 12.6 Å². The molecule has 82 valence electrons. The zero-order valence-corrected chi connectivity index (χ0v) is 8.52. The molecule has 0 radical (unpaired) electrons. The number of rotatable bonds is 1. The summed E-state index contributed by atoms with van der Waals surface area (Å²) in [5, 5.41) is 33.2. The van der Waals surface area contributed by atoms with E-state index in [0.717, 1.165) is 6.92 Å². The van der Waals surface area contributed by atoms with E-state index in [9.17, 15) is 0 Å². The van der Waals surface area contributed by atoms with E-state index in [1.165, 1.54) is 0 Å². The van der Waals surface area contributed by atoms with Crippen molar-refractivity contribution in [3.05, 3.63) is 0 Å². The maximum atomic E-state index is 8.89. The SMILES string of the molecule is CC(=O)[O-].CC(O)C(C)O.CCO. The van der Waals surface area contributed by atoms with Crippen LogP contribution in [0, 0.1) is 0 Å². The van der Waals surface area contributed by atoms with Gasteiger partial charge in [-0.25, -0.2) is 0 Å². The monoisotopic (exact) mass is 195 g/mol. The lowest BCUT2D eigenvalue weighted by Crippen LogP contribution is -2.17. The van der Waals surface area contributed by atoms with Crippen LogP contribution in [0.15, 0.2) is 0 Å². The quantitative estimate of drug-likeness (QED) is 0.473. The van der Waals surface area contributed by atoms with Crippen molar-refractivity contribution in [3.63, 3.8) is 0 Å². The van der Waals surface area contributed by atoms with Gasteiger partial charge in [0.1, 0.15) is 0 Å². The van der Waals surface area contributed by atoms with E-state index in [2.05, 4.69) is 0 Å². The Balaban J connectivity index is -0.000000125. The lowest BCUT2D eigenvalue weighted by molar-refractivity contribution is -0.302. The number of carboxylic acids is 1. The van der Waals surface area contributed by atoms with Gasteiger partial charge in [-0.3, -0.25) is 0 Å². The number of aliphatic hydroxyl groups is 3. The van der Waals surface area contributed by atoms with E-state index in [0.29, 0.717) is 0 Å². The molecule has 2 unspecified atom stereocenters. The Morgan fingerprint density at radius 3 is 1.38 bits per heavy atom. The Morgan fingerprint density at radius 2 is 1.38 bits per heavy atom. The van der Waals surface area contributed by atoms with Crippen LogP contribution < -0.4 is 5.11 Å². The predicted octanol–water partition coefficient (Wildman–Crippen LogP) is -1.50. The largest absolute Gasteiger partial charge is 0.550 e. The number of carbonyl (C=O) groups excluding carboxylic acids is 1. The van der Waals surface area contributed by atoms with Gasteiger partial charge in [0.05, 0.1) is 12.2 Å². The standard InChI is InChI=1S/C4H10O2.C2H4O2.C2H6O/c1-3(5)4(2)6;1-2(3)4;1-2-3/h3-6H,1-2H3;1H3,(H,3,4);3H,2H2,1H3/p-1. The van der Waals surface area contributed by atoms with Crippen molar-refractivity contribution in [1.29, 1.82) is 0 Å². The van der Waals surface area contributed by atoms with Crippen molar-refractivity contribution in [2.45, 2.75) is 39.9 Å². The minimum atomic E-state index is -1.08. The first-order chi connectivity index (χ1) is 5.79. The van der Waals surface area contributed by atoms with Gasteiger partial charge in [0.2, 0.25) is 0 Å². The first kappa shape index (κ1) is 18.2. The van der Waals surface area contributed by atoms with Crippen LogP contribution in [0.2, 0.25) is 0 Å². The number of hydrogen-bond acceptors (Lipinski definition) is 5. The van der Waals surface area contributed by atoms with Crippen molar-refractivity contribution in [2.24, 2.45) is 0 Å². The molecule has 0 fully saturated rings. The van der Waals surface area contributed by atoms with E-state index in [-0.39, 0.29) is 6.61 Å². The van der Waals surface area contributed by atoms with Crippen molar-refractivity contribution in [2.75, 3.05) is 6.61 Å². The molecule has 0 saturated heterocycles. The Bertz CT molecular complexity index is 90.7. The van der Waals surface area contributed by atoms with Crippen LogP contribution in [0.25, 0.3) is 0 Å². The smallest absolute Gasteiger partial charge is 0.0768 e. The molecule has 0 aliphatic carbocycles. The Labute approximate surface area is 78.6 Å². The van der Waals surface area contributed by atoms with E-state index < -0.39 is 18.2 Å². The van der Waals surface area contributed by atoms with Crippen LogP contribution in [-0.4, -0.2) is 40.1 Å². The molecular weight excluding hydrogens is 176 g/mol. The predicted molar refractivity (Wildman–Crippen MR) is 46.8 cm³/mol. The van der Waals surface area contributed by atoms with Gasteiger partial charge in [-0.2, -0.15) is 0 Å². The van der Waals surface area contributed by atoms with Crippen LogP contribution in [0.3, 0.4) is 0 Å². The third-order valence-electron chi connectivity index (χ3n) is 0.698. The summed E-state index contributed by atoms with van der Waals surface area (Å²) in [6.45, 7) is 6.00. The van der Waals surface area contributed by atoms with Gasteiger partial charge in [0.25, 0.3) is 0 Å². The summed E-state index contributed by atoms with van der Waals surface area (Å²) in [5.74, 6) is -1.08. The molecular formula is C8H19O5-. The topological polar surface area (TPSA) is 101 Å². The lowest BCUT2D eigenvalue weighted by Gasteiger charge is -2.03. The summed E-state index contributed by atoms with van der Waals surface area (Å²) in [7, 11) is 0. The molecule has 0 aromatic carbocycles. The number of hydrogen-bond donors (Lipinski definition) is 3. The second kappa shape index (κ2) is 13.9. The lowest BCUT2D eigenvalue weighted by atomic mass is 10.3. The molecule has 0 aromatic heterocycles. The highest BCUT2D eigenvalue weighted by atomic mass is 16.4. The average Bonchev–Trinajstić information content (AvgIpc) is 1.87. The number of carbonyl (C=O) groups is 1. The van der Waals surface area contributed by atoms with E-state index in [1.54, 1.807) is 20.8 Å². The molecule has 5 nitrogen and oxygen atoms in total. The van der Waals surface area contributed by atoms with Crippen LogP contribution in [-0.2, 0) is 4.79 Å². The van der Waals surface area contributed by atoms with E-state index in [1.807, 2.05) is 0 Å². The zero-order valence-electron chi connectivity index (χ0n) is 8.52. The highest BCUT2D eigenvalue weighted by Gasteiger charge is 1.99. The van der Waals surface area contributed by atoms with Gasteiger partial charge in [-0.1, -0.05) is 0 Å². The molecule has 0 saturated carbocycles. The maximum Gasteiger partial charge on any atom is 0.0768 e. The maximum absolute atomic E-state index is 8.89. The molecule has 13 heavy (non-hydrogen) atoms. The molecule has 0 aliphatic heterocycles. The van der Waals surface area contributed by atoms with Crippen molar-refractivity contribution < 1.29 is 25.2 Å². The van der Waals surface area contributed by atoms with Gasteiger partial charge in [-0.15, -0.1) is 0 Å². The van der Waals surface area contributed by atoms with Crippen molar-refractivity contribution in [1.82, 2.24) is 0 Å². The number of aliphatic hydroxyl groups excluding tert-OH is 3. The van der Waals surface area contributed by atoms with Crippen LogP contribution in [0.1, 0.15) is 27.7 Å². The average molecular weight is 195 g/mol. The highest BCUT2D eigenvalue weighted by molar-refractivity contribution is 5.60. The fourth-order valence-corrected chi connectivity index (χ4v) is 0. The fourth-order valence-electron chi connectivity index (χ4n) is 0. The Hall–Kier alpha value is -0.650. The molecule has 0 amide bonds. The number of carboxylic acid groups (broad SMARTS) is 1. The van der Waals surface area contributed by atoms with E-state index >= 15 is 0 Å².